The Balaban J connectivity index is 3.16. The third-order valence-corrected chi connectivity index (χ3v) is 2.42. The molecule has 0 aliphatic carbocycles. The number of carbonyl (C=O) groups is 1. The summed E-state index contributed by atoms with van der Waals surface area (Å²) in [5.74, 6) is 3.99. The van der Waals surface area contributed by atoms with Crippen molar-refractivity contribution >= 4 is 28.5 Å². The summed E-state index contributed by atoms with van der Waals surface area (Å²) in [4.78, 5) is 11.0. The summed E-state index contributed by atoms with van der Waals surface area (Å²) in [7, 11) is 0. The lowest BCUT2D eigenvalue weighted by atomic mass is 10.2. The number of hydrogen-bond donors (Lipinski definition) is 2. The number of hydrazine groups is 1. The van der Waals surface area contributed by atoms with Crippen LogP contribution in [-0.2, 0) is 0 Å². The van der Waals surface area contributed by atoms with Crippen LogP contribution in [0.3, 0.4) is 0 Å². The lowest BCUT2D eigenvalue weighted by Crippen LogP contribution is -2.30. The number of nitrogens with one attached hydrogen (secondary N) is 1. The van der Waals surface area contributed by atoms with Gasteiger partial charge in [0.1, 0.15) is 5.82 Å². The van der Waals surface area contributed by atoms with E-state index in [2.05, 4.69) is 0 Å². The Morgan fingerprint density at radius 2 is 2.25 bits per heavy atom. The van der Waals surface area contributed by atoms with E-state index in [-0.39, 0.29) is 9.13 Å². The van der Waals surface area contributed by atoms with Gasteiger partial charge in [-0.2, -0.15) is 0 Å². The van der Waals surface area contributed by atoms with Gasteiger partial charge in [0.05, 0.1) is 9.13 Å². The van der Waals surface area contributed by atoms with Crippen molar-refractivity contribution in [2.75, 3.05) is 0 Å². The second-order valence-corrected chi connectivity index (χ2v) is 3.15. The summed E-state index contributed by atoms with van der Waals surface area (Å²) >= 11 is 1.75. The molecule has 3 nitrogen and oxygen atoms in total. The third kappa shape index (κ3) is 1.72. The maximum atomic E-state index is 12.8. The highest BCUT2D eigenvalue weighted by molar-refractivity contribution is 14.1. The van der Waals surface area contributed by atoms with Gasteiger partial charge in [-0.1, -0.05) is 6.07 Å². The van der Waals surface area contributed by atoms with E-state index in [9.17, 15) is 9.18 Å². The van der Waals surface area contributed by atoms with Crippen molar-refractivity contribution in [2.24, 2.45) is 5.84 Å². The van der Waals surface area contributed by atoms with Gasteiger partial charge in [0.25, 0.3) is 5.91 Å². The molecule has 1 aromatic carbocycles. The number of amides is 1. The Morgan fingerprint density at radius 3 is 2.83 bits per heavy atom. The van der Waals surface area contributed by atoms with Crippen LogP contribution in [0, 0.1) is 9.39 Å². The molecule has 0 aromatic heterocycles. The summed E-state index contributed by atoms with van der Waals surface area (Å²) in [5, 5.41) is 0. The quantitative estimate of drug-likeness (QED) is 0.349. The van der Waals surface area contributed by atoms with Crippen LogP contribution in [0.15, 0.2) is 18.2 Å². The van der Waals surface area contributed by atoms with Gasteiger partial charge >= 0.3 is 0 Å². The van der Waals surface area contributed by atoms with E-state index in [1.807, 2.05) is 5.43 Å². The van der Waals surface area contributed by atoms with Gasteiger partial charge in [0.2, 0.25) is 0 Å². The molecule has 0 spiro atoms. The van der Waals surface area contributed by atoms with Crippen molar-refractivity contribution in [3.8, 4) is 0 Å². The first-order valence-electron chi connectivity index (χ1n) is 3.11. The molecule has 12 heavy (non-hydrogen) atoms. The fourth-order valence-electron chi connectivity index (χ4n) is 0.757. The summed E-state index contributed by atoms with van der Waals surface area (Å²) in [6.45, 7) is 0. The number of carbonyl (C=O) groups excluding carboxylic acids is 1. The minimum absolute atomic E-state index is 0.248. The molecule has 1 rings (SSSR count). The van der Waals surface area contributed by atoms with Gasteiger partial charge < -0.3 is 0 Å². The molecule has 5 heteroatoms. The lowest BCUT2D eigenvalue weighted by Gasteiger charge is -2.02. The Morgan fingerprint density at radius 1 is 1.58 bits per heavy atom. The van der Waals surface area contributed by atoms with E-state index >= 15 is 0 Å². The van der Waals surface area contributed by atoms with Crippen molar-refractivity contribution in [1.82, 2.24) is 5.43 Å². The molecule has 0 saturated heterocycles. The molecule has 3 N–H and O–H groups in total. The summed E-state index contributed by atoms with van der Waals surface area (Å²) in [6.07, 6.45) is 0. The summed E-state index contributed by atoms with van der Waals surface area (Å²) in [6, 6.07) is 4.25. The molecule has 0 fully saturated rings. The summed E-state index contributed by atoms with van der Waals surface area (Å²) < 4.78 is 13.1. The second-order valence-electron chi connectivity index (χ2n) is 2.07. The van der Waals surface area contributed by atoms with Gasteiger partial charge in [-0.3, -0.25) is 10.2 Å². The highest BCUT2D eigenvalue weighted by Crippen LogP contribution is 2.15. The summed E-state index contributed by atoms with van der Waals surface area (Å²) in [5.41, 5.74) is 2.19. The number of halogens is 2. The number of hydrogen-bond acceptors (Lipinski definition) is 2. The van der Waals surface area contributed by atoms with Gasteiger partial charge in [-0.25, -0.2) is 10.2 Å². The Bertz CT molecular complexity index is 316. The fraction of sp³-hybridized carbons (Fsp3) is 0. The van der Waals surface area contributed by atoms with Gasteiger partial charge in [-0.15, -0.1) is 0 Å². The Labute approximate surface area is 82.2 Å². The lowest BCUT2D eigenvalue weighted by molar-refractivity contribution is 0.0952. The van der Waals surface area contributed by atoms with Crippen molar-refractivity contribution in [3.05, 3.63) is 33.1 Å². The van der Waals surface area contributed by atoms with Crippen LogP contribution < -0.4 is 11.3 Å². The molecule has 0 heterocycles. The normalized spacial score (nSPS) is 9.58. The molecule has 0 bridgehead atoms. The van der Waals surface area contributed by atoms with Gasteiger partial charge in [0.15, 0.2) is 0 Å². The maximum absolute atomic E-state index is 12.8. The van der Waals surface area contributed by atoms with Crippen LogP contribution in [-0.4, -0.2) is 5.91 Å². The van der Waals surface area contributed by atoms with E-state index in [4.69, 9.17) is 5.84 Å². The average molecular weight is 280 g/mol. The molecule has 0 aliphatic rings. The molecule has 0 saturated carbocycles. The van der Waals surface area contributed by atoms with Crippen molar-refractivity contribution in [1.29, 1.82) is 0 Å². The van der Waals surface area contributed by atoms with Crippen LogP contribution in [0.2, 0.25) is 0 Å². The first-order valence-corrected chi connectivity index (χ1v) is 4.19. The third-order valence-electron chi connectivity index (χ3n) is 1.33. The minimum atomic E-state index is -0.487. The molecule has 0 radical (unpaired) electrons. The first kappa shape index (κ1) is 9.40. The number of rotatable bonds is 1. The van der Waals surface area contributed by atoms with Gasteiger partial charge in [0, 0.05) is 0 Å². The van der Waals surface area contributed by atoms with E-state index in [0.717, 1.165) is 0 Å². The molecule has 0 atom stereocenters. The van der Waals surface area contributed by atoms with E-state index < -0.39 is 11.7 Å². The van der Waals surface area contributed by atoms with E-state index in [1.54, 1.807) is 22.6 Å². The highest BCUT2D eigenvalue weighted by Gasteiger charge is 2.10. The molecule has 1 aromatic rings. The van der Waals surface area contributed by atoms with Crippen molar-refractivity contribution in [2.45, 2.75) is 0 Å². The number of nitrogen functional groups attached to an aromatic ring is 1. The predicted octanol–water partition coefficient (Wildman–Crippen LogP) is 1.03. The monoisotopic (exact) mass is 280 g/mol. The number of benzene rings is 1. The standard InChI is InChI=1S/C7H6FIN2O/c8-5-3-1-2-4(6(5)9)7(12)11-10/h1-3H,10H2,(H,11,12). The zero-order valence-electron chi connectivity index (χ0n) is 5.97. The zero-order chi connectivity index (χ0) is 9.14. The van der Waals surface area contributed by atoms with Crippen LogP contribution in [0.5, 0.6) is 0 Å². The Hall–Kier alpha value is -0.690. The Kier molecular flexibility index (Phi) is 2.99. The fourth-order valence-corrected chi connectivity index (χ4v) is 1.36. The van der Waals surface area contributed by atoms with Crippen LogP contribution >= 0.6 is 22.6 Å². The van der Waals surface area contributed by atoms with Crippen LogP contribution in [0.1, 0.15) is 10.4 Å². The van der Waals surface area contributed by atoms with E-state index in [1.165, 1.54) is 18.2 Å². The average Bonchev–Trinajstić information content (AvgIpc) is 2.08. The van der Waals surface area contributed by atoms with Gasteiger partial charge in [-0.05, 0) is 34.7 Å². The van der Waals surface area contributed by atoms with Crippen LogP contribution in [0.4, 0.5) is 4.39 Å². The highest BCUT2D eigenvalue weighted by atomic mass is 127. The van der Waals surface area contributed by atoms with Crippen molar-refractivity contribution < 1.29 is 9.18 Å². The smallest absolute Gasteiger partial charge is 0.266 e. The predicted molar refractivity (Wildman–Crippen MR) is 50.8 cm³/mol. The largest absolute Gasteiger partial charge is 0.290 e. The molecule has 0 aliphatic heterocycles. The van der Waals surface area contributed by atoms with E-state index in [0.29, 0.717) is 0 Å². The van der Waals surface area contributed by atoms with Crippen LogP contribution in [0.25, 0.3) is 0 Å². The molecule has 1 amide bonds. The SMILES string of the molecule is NNC(=O)c1cccc(F)c1I. The zero-order valence-corrected chi connectivity index (χ0v) is 8.13. The molecule has 0 unspecified atom stereocenters. The topological polar surface area (TPSA) is 55.1 Å². The molecule has 64 valence electrons. The maximum Gasteiger partial charge on any atom is 0.266 e. The van der Waals surface area contributed by atoms with Crippen molar-refractivity contribution in [3.63, 3.8) is 0 Å². The second kappa shape index (κ2) is 3.81. The minimum Gasteiger partial charge on any atom is -0.290 e. The number of nitrogens with two attached hydrogens (primary N) is 1. The first-order chi connectivity index (χ1) is 5.66. The molecular weight excluding hydrogens is 274 g/mol. The molecular formula is C7H6FIN2O.